The highest BCUT2D eigenvalue weighted by Gasteiger charge is 2.03. The summed E-state index contributed by atoms with van der Waals surface area (Å²) < 4.78 is 14.8. The average Bonchev–Trinajstić information content (AvgIpc) is 2.06. The molecule has 0 saturated carbocycles. The maximum absolute atomic E-state index is 13.3. The lowest BCUT2D eigenvalue weighted by Gasteiger charge is -2.00. The highest BCUT2D eigenvalue weighted by molar-refractivity contribution is 9.10. The third-order valence-corrected chi connectivity index (χ3v) is 2.57. The van der Waals surface area contributed by atoms with Crippen LogP contribution >= 0.6 is 31.9 Å². The molecule has 0 aliphatic carbocycles. The Hall–Kier alpha value is -0.480. The Morgan fingerprint density at radius 1 is 1.08 bits per heavy atom. The highest BCUT2D eigenvalue weighted by Crippen LogP contribution is 2.23. The number of hydrogen-bond donors (Lipinski definition) is 0. The lowest BCUT2D eigenvalue weighted by molar-refractivity contribution is 0.638. The molecule has 1 heterocycles. The molecule has 0 unspecified atom stereocenters. The number of aromatic nitrogens is 1. The van der Waals surface area contributed by atoms with Gasteiger partial charge >= 0.3 is 0 Å². The monoisotopic (exact) mass is 303 g/mol. The first kappa shape index (κ1) is 9.09. The molecule has 1 nitrogen and oxygen atoms in total. The maximum Gasteiger partial charge on any atom is 0.133 e. The largest absolute Gasteiger partial charge is 0.255 e. The molecule has 0 aliphatic rings. The first-order valence-electron chi connectivity index (χ1n) is 3.57. The standard InChI is InChI=1S/C9H4Br2FN/c10-5-2-8(12)7-1-6(11)4-13-9(7)3-5/h1-4H. The highest BCUT2D eigenvalue weighted by atomic mass is 79.9. The van der Waals surface area contributed by atoms with Crippen LogP contribution in [0.4, 0.5) is 4.39 Å². The van der Waals surface area contributed by atoms with Crippen LogP contribution in [0.3, 0.4) is 0 Å². The molecule has 0 amide bonds. The number of fused-ring (bicyclic) bond motifs is 1. The van der Waals surface area contributed by atoms with Crippen molar-refractivity contribution in [2.75, 3.05) is 0 Å². The van der Waals surface area contributed by atoms with Crippen LogP contribution < -0.4 is 0 Å². The van der Waals surface area contributed by atoms with Crippen molar-refractivity contribution in [3.05, 3.63) is 39.2 Å². The van der Waals surface area contributed by atoms with Gasteiger partial charge in [-0.1, -0.05) is 15.9 Å². The molecule has 0 radical (unpaired) electrons. The zero-order valence-electron chi connectivity index (χ0n) is 6.39. The van der Waals surface area contributed by atoms with E-state index in [1.54, 1.807) is 18.3 Å². The van der Waals surface area contributed by atoms with Gasteiger partial charge in [-0.05, 0) is 34.1 Å². The number of pyridine rings is 1. The van der Waals surface area contributed by atoms with E-state index in [0.717, 1.165) is 4.47 Å². The molecular weight excluding hydrogens is 301 g/mol. The topological polar surface area (TPSA) is 12.9 Å². The summed E-state index contributed by atoms with van der Waals surface area (Å²) in [6.07, 6.45) is 1.65. The van der Waals surface area contributed by atoms with Gasteiger partial charge in [-0.2, -0.15) is 0 Å². The van der Waals surface area contributed by atoms with Crippen LogP contribution in [0.15, 0.2) is 33.3 Å². The molecule has 0 N–H and O–H groups in total. The predicted molar refractivity (Wildman–Crippen MR) is 57.1 cm³/mol. The smallest absolute Gasteiger partial charge is 0.133 e. The molecule has 0 fully saturated rings. The molecule has 66 valence electrons. The van der Waals surface area contributed by atoms with E-state index in [0.29, 0.717) is 15.4 Å². The molecule has 0 bridgehead atoms. The summed E-state index contributed by atoms with van der Waals surface area (Å²) in [6, 6.07) is 4.92. The summed E-state index contributed by atoms with van der Waals surface area (Å²) >= 11 is 6.45. The summed E-state index contributed by atoms with van der Waals surface area (Å²) in [5.74, 6) is -0.266. The Bertz CT molecular complexity index is 470. The van der Waals surface area contributed by atoms with Crippen LogP contribution in [0.5, 0.6) is 0 Å². The SMILES string of the molecule is Fc1cc(Br)cc2ncc(Br)cc12. The van der Waals surface area contributed by atoms with Crippen LogP contribution in [-0.2, 0) is 0 Å². The number of benzene rings is 1. The molecule has 1 aromatic carbocycles. The van der Waals surface area contributed by atoms with Crippen LogP contribution in [0.1, 0.15) is 0 Å². The normalized spacial score (nSPS) is 10.7. The van der Waals surface area contributed by atoms with Gasteiger partial charge in [0.1, 0.15) is 5.82 Å². The Morgan fingerprint density at radius 2 is 1.85 bits per heavy atom. The molecule has 1 aromatic heterocycles. The van der Waals surface area contributed by atoms with Gasteiger partial charge in [-0.3, -0.25) is 4.98 Å². The van der Waals surface area contributed by atoms with Crippen molar-refractivity contribution in [3.8, 4) is 0 Å². The van der Waals surface area contributed by atoms with Gasteiger partial charge in [0, 0.05) is 20.5 Å². The van der Waals surface area contributed by atoms with Crippen molar-refractivity contribution in [3.63, 3.8) is 0 Å². The van der Waals surface area contributed by atoms with Crippen molar-refractivity contribution in [1.29, 1.82) is 0 Å². The molecule has 0 atom stereocenters. The fourth-order valence-electron chi connectivity index (χ4n) is 1.13. The van der Waals surface area contributed by atoms with E-state index in [1.807, 2.05) is 0 Å². The number of nitrogens with zero attached hydrogens (tertiary/aromatic N) is 1. The molecule has 2 rings (SSSR count). The molecule has 0 spiro atoms. The van der Waals surface area contributed by atoms with E-state index in [4.69, 9.17) is 0 Å². The Morgan fingerprint density at radius 3 is 2.62 bits per heavy atom. The molecule has 0 saturated heterocycles. The van der Waals surface area contributed by atoms with E-state index < -0.39 is 0 Å². The minimum Gasteiger partial charge on any atom is -0.255 e. The Kier molecular flexibility index (Phi) is 2.34. The number of halogens is 3. The zero-order chi connectivity index (χ0) is 9.42. The molecule has 0 aliphatic heterocycles. The third-order valence-electron chi connectivity index (χ3n) is 1.68. The van der Waals surface area contributed by atoms with E-state index in [-0.39, 0.29) is 5.82 Å². The fraction of sp³-hybridized carbons (Fsp3) is 0. The van der Waals surface area contributed by atoms with Crippen LogP contribution in [-0.4, -0.2) is 4.98 Å². The van der Waals surface area contributed by atoms with E-state index in [2.05, 4.69) is 36.8 Å². The van der Waals surface area contributed by atoms with Gasteiger partial charge in [-0.25, -0.2) is 4.39 Å². The molecule has 2 aromatic rings. The van der Waals surface area contributed by atoms with Crippen molar-refractivity contribution >= 4 is 42.8 Å². The minimum atomic E-state index is -0.266. The summed E-state index contributed by atoms with van der Waals surface area (Å²) in [5, 5.41) is 0.526. The Labute approximate surface area is 91.2 Å². The lowest BCUT2D eigenvalue weighted by Crippen LogP contribution is -1.83. The van der Waals surface area contributed by atoms with Crippen molar-refractivity contribution in [2.24, 2.45) is 0 Å². The van der Waals surface area contributed by atoms with Gasteiger partial charge in [0.15, 0.2) is 0 Å². The van der Waals surface area contributed by atoms with E-state index in [9.17, 15) is 4.39 Å². The molecule has 4 heteroatoms. The zero-order valence-corrected chi connectivity index (χ0v) is 9.56. The fourth-order valence-corrected chi connectivity index (χ4v) is 1.88. The average molecular weight is 305 g/mol. The minimum absolute atomic E-state index is 0.266. The summed E-state index contributed by atoms with van der Waals surface area (Å²) in [5.41, 5.74) is 0.648. The van der Waals surface area contributed by atoms with Crippen molar-refractivity contribution in [2.45, 2.75) is 0 Å². The van der Waals surface area contributed by atoms with Crippen molar-refractivity contribution < 1.29 is 4.39 Å². The van der Waals surface area contributed by atoms with Gasteiger partial charge in [-0.15, -0.1) is 0 Å². The molecular formula is C9H4Br2FN. The first-order valence-corrected chi connectivity index (χ1v) is 5.16. The van der Waals surface area contributed by atoms with E-state index >= 15 is 0 Å². The van der Waals surface area contributed by atoms with Crippen molar-refractivity contribution in [1.82, 2.24) is 4.98 Å². The number of rotatable bonds is 0. The predicted octanol–water partition coefficient (Wildman–Crippen LogP) is 3.90. The van der Waals surface area contributed by atoms with Gasteiger partial charge in [0.2, 0.25) is 0 Å². The van der Waals surface area contributed by atoms with E-state index in [1.165, 1.54) is 6.07 Å². The summed E-state index contributed by atoms with van der Waals surface area (Å²) in [4.78, 5) is 4.09. The van der Waals surface area contributed by atoms with Gasteiger partial charge in [0.05, 0.1) is 5.52 Å². The van der Waals surface area contributed by atoms with Gasteiger partial charge < -0.3 is 0 Å². The second-order valence-corrected chi connectivity index (χ2v) is 4.44. The number of hydrogen-bond acceptors (Lipinski definition) is 1. The second kappa shape index (κ2) is 3.35. The van der Waals surface area contributed by atoms with Gasteiger partial charge in [0.25, 0.3) is 0 Å². The van der Waals surface area contributed by atoms with Crippen LogP contribution in [0, 0.1) is 5.82 Å². The second-order valence-electron chi connectivity index (χ2n) is 2.61. The Balaban J connectivity index is 2.87. The lowest BCUT2D eigenvalue weighted by atomic mass is 10.2. The van der Waals surface area contributed by atoms with Crippen LogP contribution in [0.2, 0.25) is 0 Å². The molecule has 13 heavy (non-hydrogen) atoms. The quantitative estimate of drug-likeness (QED) is 0.719. The summed E-state index contributed by atoms with van der Waals surface area (Å²) in [7, 11) is 0. The summed E-state index contributed by atoms with van der Waals surface area (Å²) in [6.45, 7) is 0. The van der Waals surface area contributed by atoms with Crippen LogP contribution in [0.25, 0.3) is 10.9 Å². The maximum atomic E-state index is 13.3. The third kappa shape index (κ3) is 1.74. The first-order chi connectivity index (χ1) is 6.16.